The molecule has 0 spiro atoms. The van der Waals surface area contributed by atoms with E-state index in [0.29, 0.717) is 0 Å². The molecule has 3 heterocycles. The predicted molar refractivity (Wildman–Crippen MR) is 93.4 cm³/mol. The molecule has 1 aliphatic heterocycles. The van der Waals surface area contributed by atoms with E-state index in [1.807, 2.05) is 0 Å². The summed E-state index contributed by atoms with van der Waals surface area (Å²) in [6, 6.07) is 8.76. The van der Waals surface area contributed by atoms with Crippen molar-refractivity contribution in [1.29, 1.82) is 0 Å². The molecule has 0 radical (unpaired) electrons. The van der Waals surface area contributed by atoms with Crippen LogP contribution in [0.15, 0.2) is 49.1 Å². The lowest BCUT2D eigenvalue weighted by Gasteiger charge is -2.15. The summed E-state index contributed by atoms with van der Waals surface area (Å²) >= 11 is 0. The molecular formula is C19H22N4O. The Morgan fingerprint density at radius 1 is 1.21 bits per heavy atom. The van der Waals surface area contributed by atoms with Gasteiger partial charge >= 0.3 is 0 Å². The molecule has 4 rings (SSSR count). The van der Waals surface area contributed by atoms with Gasteiger partial charge in [-0.05, 0) is 35.6 Å². The predicted octanol–water partition coefficient (Wildman–Crippen LogP) is 2.00. The average molecular weight is 322 g/mol. The van der Waals surface area contributed by atoms with Gasteiger partial charge in [-0.25, -0.2) is 0 Å². The minimum Gasteiger partial charge on any atom is -0.391 e. The highest BCUT2D eigenvalue weighted by Crippen LogP contribution is 2.24. The summed E-state index contributed by atoms with van der Waals surface area (Å²) in [6.07, 6.45) is 7.75. The van der Waals surface area contributed by atoms with E-state index >= 15 is 0 Å². The number of hydrogen-bond donors (Lipinski definition) is 1. The van der Waals surface area contributed by atoms with Crippen LogP contribution in [0.25, 0.3) is 10.9 Å². The first-order chi connectivity index (χ1) is 11.7. The first-order valence-electron chi connectivity index (χ1n) is 8.38. The number of likely N-dealkylation sites (tertiary alicyclic amines) is 1. The highest BCUT2D eigenvalue weighted by Gasteiger charge is 2.31. The van der Waals surface area contributed by atoms with Crippen molar-refractivity contribution in [2.45, 2.75) is 19.1 Å². The molecule has 1 saturated heterocycles. The number of rotatable bonds is 4. The maximum Gasteiger partial charge on any atom is 0.0711 e. The lowest BCUT2D eigenvalue weighted by Crippen LogP contribution is -2.21. The Hall–Kier alpha value is -2.24. The van der Waals surface area contributed by atoms with Crippen molar-refractivity contribution in [2.24, 2.45) is 13.0 Å². The van der Waals surface area contributed by atoms with Gasteiger partial charge in [0.1, 0.15) is 0 Å². The van der Waals surface area contributed by atoms with E-state index in [0.717, 1.165) is 31.7 Å². The van der Waals surface area contributed by atoms with Crippen molar-refractivity contribution < 1.29 is 5.11 Å². The zero-order chi connectivity index (χ0) is 16.5. The van der Waals surface area contributed by atoms with Crippen molar-refractivity contribution in [3.05, 3.63) is 60.3 Å². The van der Waals surface area contributed by atoms with E-state index in [9.17, 15) is 5.11 Å². The molecule has 2 aromatic heterocycles. The lowest BCUT2D eigenvalue weighted by atomic mass is 10.0. The summed E-state index contributed by atoms with van der Waals surface area (Å²) in [5, 5.41) is 11.6. The molecular weight excluding hydrogens is 300 g/mol. The summed E-state index contributed by atoms with van der Waals surface area (Å²) in [6.45, 7) is 2.49. The molecule has 5 nitrogen and oxygen atoms in total. The molecule has 0 unspecified atom stereocenters. The standard InChI is InChI=1S/C19H22N4O/c1-22-7-4-15-8-14(2-3-18(15)22)11-23-12-16(19(24)13-23)9-17-10-20-5-6-21-17/h2-8,10,16,19,24H,9,11-13H2,1H3/t16-,19-/m1/s1. The Morgan fingerprint density at radius 3 is 2.96 bits per heavy atom. The van der Waals surface area contributed by atoms with Crippen LogP contribution in [0, 0.1) is 5.92 Å². The van der Waals surface area contributed by atoms with Crippen LogP contribution in [0.4, 0.5) is 0 Å². The van der Waals surface area contributed by atoms with Crippen LogP contribution in [0.1, 0.15) is 11.3 Å². The largest absolute Gasteiger partial charge is 0.391 e. The number of nitrogens with zero attached hydrogens (tertiary/aromatic N) is 4. The van der Waals surface area contributed by atoms with E-state index in [4.69, 9.17) is 0 Å². The van der Waals surface area contributed by atoms with Gasteiger partial charge in [0.2, 0.25) is 0 Å². The SMILES string of the molecule is Cn1ccc2cc(CN3C[C@@H](Cc4cnccn4)[C@H](O)C3)ccc21. The van der Waals surface area contributed by atoms with Gasteiger partial charge in [-0.15, -0.1) is 0 Å². The van der Waals surface area contributed by atoms with Gasteiger partial charge in [-0.3, -0.25) is 14.9 Å². The molecule has 2 atom stereocenters. The van der Waals surface area contributed by atoms with Crippen LogP contribution in [-0.4, -0.2) is 43.7 Å². The summed E-state index contributed by atoms with van der Waals surface area (Å²) in [7, 11) is 2.07. The molecule has 24 heavy (non-hydrogen) atoms. The fourth-order valence-corrected chi connectivity index (χ4v) is 3.66. The van der Waals surface area contributed by atoms with Crippen molar-refractivity contribution >= 4 is 10.9 Å². The molecule has 1 N–H and O–H groups in total. The average Bonchev–Trinajstić information content (AvgIpc) is 3.11. The number of aryl methyl sites for hydroxylation is 1. The Labute approximate surface area is 141 Å². The quantitative estimate of drug-likeness (QED) is 0.798. The van der Waals surface area contributed by atoms with E-state index in [1.54, 1.807) is 18.6 Å². The summed E-state index contributed by atoms with van der Waals surface area (Å²) < 4.78 is 2.13. The van der Waals surface area contributed by atoms with E-state index in [2.05, 4.69) is 56.9 Å². The molecule has 1 aromatic carbocycles. The van der Waals surface area contributed by atoms with Gasteiger partial charge in [0.05, 0.1) is 11.8 Å². The van der Waals surface area contributed by atoms with Gasteiger partial charge in [0, 0.05) is 62.9 Å². The van der Waals surface area contributed by atoms with Gasteiger partial charge in [0.25, 0.3) is 0 Å². The monoisotopic (exact) mass is 322 g/mol. The highest BCUT2D eigenvalue weighted by molar-refractivity contribution is 5.80. The maximum absolute atomic E-state index is 10.4. The number of hydrogen-bond acceptors (Lipinski definition) is 4. The van der Waals surface area contributed by atoms with Crippen LogP contribution >= 0.6 is 0 Å². The third kappa shape index (κ3) is 3.05. The number of aliphatic hydroxyl groups is 1. The van der Waals surface area contributed by atoms with Gasteiger partial charge in [-0.2, -0.15) is 0 Å². The van der Waals surface area contributed by atoms with Crippen LogP contribution in [0.5, 0.6) is 0 Å². The highest BCUT2D eigenvalue weighted by atomic mass is 16.3. The van der Waals surface area contributed by atoms with E-state index < -0.39 is 0 Å². The molecule has 3 aromatic rings. The number of fused-ring (bicyclic) bond motifs is 1. The Bertz CT molecular complexity index is 830. The number of aromatic nitrogens is 3. The minimum absolute atomic E-state index is 0.224. The fraction of sp³-hybridized carbons (Fsp3) is 0.368. The Balaban J connectivity index is 1.43. The Kier molecular flexibility index (Phi) is 4.04. The zero-order valence-corrected chi connectivity index (χ0v) is 13.8. The molecule has 1 aliphatic rings. The number of aliphatic hydroxyl groups excluding tert-OH is 1. The van der Waals surface area contributed by atoms with Gasteiger partial charge in [-0.1, -0.05) is 6.07 Å². The summed E-state index contributed by atoms with van der Waals surface area (Å²) in [4.78, 5) is 10.8. The second-order valence-electron chi connectivity index (χ2n) is 6.74. The molecule has 5 heteroatoms. The lowest BCUT2D eigenvalue weighted by molar-refractivity contribution is 0.140. The van der Waals surface area contributed by atoms with Gasteiger partial charge < -0.3 is 9.67 Å². The third-order valence-electron chi connectivity index (χ3n) is 4.93. The molecule has 0 saturated carbocycles. The zero-order valence-electron chi connectivity index (χ0n) is 13.8. The van der Waals surface area contributed by atoms with Crippen molar-refractivity contribution in [2.75, 3.05) is 13.1 Å². The van der Waals surface area contributed by atoms with E-state index in [1.165, 1.54) is 16.5 Å². The molecule has 1 fully saturated rings. The number of benzene rings is 1. The second kappa shape index (κ2) is 6.34. The summed E-state index contributed by atoms with van der Waals surface area (Å²) in [5.41, 5.74) is 3.50. The minimum atomic E-state index is -0.299. The maximum atomic E-state index is 10.4. The Morgan fingerprint density at radius 2 is 2.12 bits per heavy atom. The normalized spacial score (nSPS) is 21.6. The topological polar surface area (TPSA) is 54.2 Å². The third-order valence-corrected chi connectivity index (χ3v) is 4.93. The molecule has 0 amide bonds. The molecule has 0 bridgehead atoms. The molecule has 124 valence electrons. The molecule has 0 aliphatic carbocycles. The second-order valence-corrected chi connectivity index (χ2v) is 6.74. The first kappa shape index (κ1) is 15.3. The van der Waals surface area contributed by atoms with Crippen molar-refractivity contribution in [3.8, 4) is 0 Å². The van der Waals surface area contributed by atoms with Crippen LogP contribution in [0.2, 0.25) is 0 Å². The van der Waals surface area contributed by atoms with Gasteiger partial charge in [0.15, 0.2) is 0 Å². The van der Waals surface area contributed by atoms with Crippen LogP contribution < -0.4 is 0 Å². The van der Waals surface area contributed by atoms with Crippen molar-refractivity contribution in [1.82, 2.24) is 19.4 Å². The first-order valence-corrected chi connectivity index (χ1v) is 8.38. The fourth-order valence-electron chi connectivity index (χ4n) is 3.66. The van der Waals surface area contributed by atoms with Crippen LogP contribution in [-0.2, 0) is 20.0 Å². The van der Waals surface area contributed by atoms with E-state index in [-0.39, 0.29) is 12.0 Å². The smallest absolute Gasteiger partial charge is 0.0711 e. The van der Waals surface area contributed by atoms with Crippen molar-refractivity contribution in [3.63, 3.8) is 0 Å². The summed E-state index contributed by atoms with van der Waals surface area (Å²) in [5.74, 6) is 0.224. The van der Waals surface area contributed by atoms with Crippen LogP contribution in [0.3, 0.4) is 0 Å². The number of β-amino-alcohol motifs (C(OH)–C–C–N with tert-alkyl or cyclic N) is 1.